The fraction of sp³-hybridized carbons (Fsp3) is 0.542. The molecule has 0 bridgehead atoms. The van der Waals surface area contributed by atoms with E-state index in [1.807, 2.05) is 30.3 Å². The maximum absolute atomic E-state index is 13.6. The monoisotopic (exact) mass is 488 g/mol. The summed E-state index contributed by atoms with van der Waals surface area (Å²) in [6, 6.07) is 7.64. The van der Waals surface area contributed by atoms with E-state index in [0.717, 1.165) is 5.56 Å². The highest BCUT2D eigenvalue weighted by Crippen LogP contribution is 2.30. The Hall–Kier alpha value is -3.63. The number of nitrogens with two attached hydrogens (primary N) is 2. The molecule has 3 amide bonds. The molecule has 1 fully saturated rings. The van der Waals surface area contributed by atoms with E-state index in [4.69, 9.17) is 16.2 Å². The summed E-state index contributed by atoms with van der Waals surface area (Å²) in [5.41, 5.74) is 10.3. The molecule has 6 N–H and O–H groups in total. The minimum Gasteiger partial charge on any atom is -0.450 e. The van der Waals surface area contributed by atoms with Gasteiger partial charge in [-0.1, -0.05) is 30.3 Å². The molecule has 0 aliphatic carbocycles. The van der Waals surface area contributed by atoms with Gasteiger partial charge in [0.1, 0.15) is 17.9 Å². The van der Waals surface area contributed by atoms with Crippen LogP contribution in [0.4, 0.5) is 4.79 Å². The van der Waals surface area contributed by atoms with Gasteiger partial charge in [0.15, 0.2) is 5.96 Å². The summed E-state index contributed by atoms with van der Waals surface area (Å²) in [5, 5.41) is 5.39. The Labute approximate surface area is 205 Å². The number of carbonyl (C=O) groups is 4. The minimum absolute atomic E-state index is 0.0363. The Balaban J connectivity index is 2.15. The Kier molecular flexibility index (Phi) is 10.5. The van der Waals surface area contributed by atoms with Crippen molar-refractivity contribution in [3.63, 3.8) is 0 Å². The number of hydrogen-bond acceptors (Lipinski definition) is 6. The predicted octanol–water partition coefficient (Wildman–Crippen LogP) is 0.462. The van der Waals surface area contributed by atoms with E-state index in [2.05, 4.69) is 15.6 Å². The molecule has 192 valence electrons. The van der Waals surface area contributed by atoms with Gasteiger partial charge in [0, 0.05) is 19.5 Å². The number of carbonyl (C=O) groups excluding carboxylic acids is 4. The lowest BCUT2D eigenvalue weighted by molar-refractivity contribution is -0.146. The van der Waals surface area contributed by atoms with E-state index in [-0.39, 0.29) is 24.9 Å². The Morgan fingerprint density at radius 1 is 1.23 bits per heavy atom. The van der Waals surface area contributed by atoms with Crippen LogP contribution in [0, 0.1) is 0 Å². The van der Waals surface area contributed by atoms with Crippen molar-refractivity contribution in [3.05, 3.63) is 35.9 Å². The van der Waals surface area contributed by atoms with Gasteiger partial charge in [0.2, 0.25) is 11.8 Å². The van der Waals surface area contributed by atoms with Gasteiger partial charge in [-0.3, -0.25) is 14.6 Å². The van der Waals surface area contributed by atoms with E-state index in [1.165, 1.54) is 4.90 Å². The zero-order valence-electron chi connectivity index (χ0n) is 20.4. The van der Waals surface area contributed by atoms with Crippen LogP contribution in [0.15, 0.2) is 35.3 Å². The second-order valence-corrected chi connectivity index (χ2v) is 8.64. The van der Waals surface area contributed by atoms with Gasteiger partial charge < -0.3 is 36.5 Å². The Morgan fingerprint density at radius 3 is 2.57 bits per heavy atom. The highest BCUT2D eigenvalue weighted by atomic mass is 16.5. The summed E-state index contributed by atoms with van der Waals surface area (Å²) >= 11 is 0. The third-order valence-corrected chi connectivity index (χ3v) is 5.99. The molecule has 1 aliphatic heterocycles. The van der Waals surface area contributed by atoms with Crippen LogP contribution in [0.2, 0.25) is 0 Å². The molecule has 11 nitrogen and oxygen atoms in total. The van der Waals surface area contributed by atoms with Gasteiger partial charge >= 0.3 is 6.09 Å². The largest absolute Gasteiger partial charge is 0.450 e. The van der Waals surface area contributed by atoms with Crippen molar-refractivity contribution in [2.24, 2.45) is 16.5 Å². The molecule has 3 atom stereocenters. The number of aliphatic imine (C=N–C) groups is 1. The third kappa shape index (κ3) is 7.97. The van der Waals surface area contributed by atoms with Gasteiger partial charge in [-0.15, -0.1) is 0 Å². The quantitative estimate of drug-likeness (QED) is 0.143. The maximum Gasteiger partial charge on any atom is 0.407 e. The second-order valence-electron chi connectivity index (χ2n) is 8.64. The van der Waals surface area contributed by atoms with Crippen LogP contribution in [0.1, 0.15) is 45.1 Å². The van der Waals surface area contributed by atoms with E-state index >= 15 is 0 Å². The van der Waals surface area contributed by atoms with Crippen molar-refractivity contribution >= 4 is 30.2 Å². The first-order valence-electron chi connectivity index (χ1n) is 11.8. The first kappa shape index (κ1) is 27.6. The number of guanidine groups is 1. The molecule has 1 aromatic carbocycles. The summed E-state index contributed by atoms with van der Waals surface area (Å²) in [7, 11) is 0. The number of alkyl carbamates (subject to hydrolysis) is 1. The van der Waals surface area contributed by atoms with Crippen molar-refractivity contribution in [3.8, 4) is 0 Å². The van der Waals surface area contributed by atoms with Gasteiger partial charge in [0.25, 0.3) is 0 Å². The van der Waals surface area contributed by atoms with Crippen molar-refractivity contribution in [2.45, 2.75) is 63.6 Å². The van der Waals surface area contributed by atoms with Crippen molar-refractivity contribution in [2.75, 3.05) is 19.7 Å². The molecule has 0 unspecified atom stereocenters. The van der Waals surface area contributed by atoms with Gasteiger partial charge in [-0.2, -0.15) is 0 Å². The maximum atomic E-state index is 13.6. The molecule has 0 aromatic heterocycles. The number of nitrogens with one attached hydrogen (secondary N) is 2. The summed E-state index contributed by atoms with van der Waals surface area (Å²) in [6.45, 7) is 4.22. The summed E-state index contributed by atoms with van der Waals surface area (Å²) in [6.07, 6.45) is 2.12. The topological polar surface area (TPSA) is 169 Å². The summed E-state index contributed by atoms with van der Waals surface area (Å²) in [4.78, 5) is 55.9. The normalized spacial score (nSPS) is 18.7. The number of amides is 3. The van der Waals surface area contributed by atoms with Crippen LogP contribution in [0.5, 0.6) is 0 Å². The highest BCUT2D eigenvalue weighted by molar-refractivity contribution is 5.95. The van der Waals surface area contributed by atoms with Crippen LogP contribution in [-0.4, -0.2) is 72.4 Å². The molecule has 1 heterocycles. The first-order chi connectivity index (χ1) is 16.7. The van der Waals surface area contributed by atoms with Crippen molar-refractivity contribution in [1.82, 2.24) is 15.5 Å². The van der Waals surface area contributed by atoms with Gasteiger partial charge in [-0.25, -0.2) is 4.79 Å². The molecular formula is C24H36N6O5. The lowest BCUT2D eigenvalue weighted by Gasteiger charge is -2.37. The molecule has 35 heavy (non-hydrogen) atoms. The van der Waals surface area contributed by atoms with Crippen LogP contribution < -0.4 is 22.1 Å². The summed E-state index contributed by atoms with van der Waals surface area (Å²) < 4.78 is 4.99. The van der Waals surface area contributed by atoms with Crippen LogP contribution in [-0.2, 0) is 25.5 Å². The zero-order valence-corrected chi connectivity index (χ0v) is 20.4. The molecule has 11 heteroatoms. The molecule has 0 saturated carbocycles. The van der Waals surface area contributed by atoms with Crippen LogP contribution in [0.3, 0.4) is 0 Å². The van der Waals surface area contributed by atoms with E-state index in [0.29, 0.717) is 45.1 Å². The standard InChI is InChI=1S/C24H36N6O5/c1-3-35-23(34)29-19(15-17-9-5-4-6-10-17)20(32)30-14-8-12-24(30,2)21(33)28-18(16-31)11-7-13-27-22(25)26/h4-6,9-10,16,18-19H,3,7-8,11-15H2,1-2H3,(H,28,33)(H,29,34)(H4,25,26,27)/t18-,19+,24-/m0/s1. The van der Waals surface area contributed by atoms with Crippen LogP contribution >= 0.6 is 0 Å². The lowest BCUT2D eigenvalue weighted by Crippen LogP contribution is -2.61. The number of nitrogens with zero attached hydrogens (tertiary/aromatic N) is 2. The smallest absolute Gasteiger partial charge is 0.407 e. The molecule has 1 aromatic rings. The fourth-order valence-corrected chi connectivity index (χ4v) is 4.12. The average Bonchev–Trinajstić information content (AvgIpc) is 3.23. The zero-order chi connectivity index (χ0) is 25.8. The molecule has 1 saturated heterocycles. The van der Waals surface area contributed by atoms with Crippen LogP contribution in [0.25, 0.3) is 0 Å². The van der Waals surface area contributed by atoms with E-state index < -0.39 is 29.6 Å². The number of aldehydes is 1. The lowest BCUT2D eigenvalue weighted by atomic mass is 9.95. The first-order valence-corrected chi connectivity index (χ1v) is 11.8. The number of benzene rings is 1. The second kappa shape index (κ2) is 13.3. The van der Waals surface area contributed by atoms with Crippen molar-refractivity contribution in [1.29, 1.82) is 0 Å². The number of likely N-dealkylation sites (tertiary alicyclic amines) is 1. The SMILES string of the molecule is CCOC(=O)N[C@H](Cc1ccccc1)C(=O)N1CCC[C@@]1(C)C(=O)N[C@H](C=O)CCCN=C(N)N. The van der Waals surface area contributed by atoms with E-state index in [1.54, 1.807) is 13.8 Å². The fourth-order valence-electron chi connectivity index (χ4n) is 4.12. The minimum atomic E-state index is -1.16. The molecule has 0 radical (unpaired) electrons. The Morgan fingerprint density at radius 2 is 1.94 bits per heavy atom. The van der Waals surface area contributed by atoms with Crippen molar-refractivity contribution < 1.29 is 23.9 Å². The highest BCUT2D eigenvalue weighted by Gasteiger charge is 2.47. The average molecular weight is 489 g/mol. The number of ether oxygens (including phenoxy) is 1. The summed E-state index contributed by atoms with van der Waals surface area (Å²) in [5.74, 6) is -0.838. The number of hydrogen-bond donors (Lipinski definition) is 4. The number of rotatable bonds is 12. The third-order valence-electron chi connectivity index (χ3n) is 5.99. The Bertz CT molecular complexity index is 905. The van der Waals surface area contributed by atoms with Gasteiger partial charge in [-0.05, 0) is 45.1 Å². The van der Waals surface area contributed by atoms with E-state index in [9.17, 15) is 19.2 Å². The van der Waals surface area contributed by atoms with Gasteiger partial charge in [0.05, 0.1) is 12.6 Å². The molecule has 1 aliphatic rings. The molecule has 0 spiro atoms. The molecular weight excluding hydrogens is 452 g/mol. The predicted molar refractivity (Wildman–Crippen MR) is 131 cm³/mol. The molecule has 2 rings (SSSR count).